The summed E-state index contributed by atoms with van der Waals surface area (Å²) in [5.74, 6) is 0. The van der Waals surface area contributed by atoms with Crippen molar-refractivity contribution in [2.75, 3.05) is 0 Å². The number of rotatable bonds is 0. The number of hydrogen-bond acceptors (Lipinski definition) is 0. The smallest absolute Gasteiger partial charge is 2.00 e. The fourth-order valence-electron chi connectivity index (χ4n) is 0. The third-order valence-corrected chi connectivity index (χ3v) is 0. The zero-order valence-corrected chi connectivity index (χ0v) is 13.4. The summed E-state index contributed by atoms with van der Waals surface area (Å²) in [5, 5.41) is 0. The summed E-state index contributed by atoms with van der Waals surface area (Å²) in [6.45, 7) is 0. The average molecular weight is 523 g/mol. The molecule has 0 bridgehead atoms. The average Bonchev–Trinajstić information content (AvgIpc) is 0. The molecule has 0 rings (SSSR count). The molecular formula is O6Ta2Zn. The summed E-state index contributed by atoms with van der Waals surface area (Å²) in [7, 11) is 0. The van der Waals surface area contributed by atoms with E-state index in [1.807, 2.05) is 0 Å². The van der Waals surface area contributed by atoms with Crippen LogP contribution in [0.4, 0.5) is 0 Å². The van der Waals surface area contributed by atoms with Crippen LogP contribution in [0.15, 0.2) is 0 Å². The van der Waals surface area contributed by atoms with Gasteiger partial charge in [0, 0.05) is 0 Å². The van der Waals surface area contributed by atoms with E-state index >= 15 is 0 Å². The maximum absolute atomic E-state index is 0. The van der Waals surface area contributed by atoms with Gasteiger partial charge in [-0.3, -0.25) is 0 Å². The summed E-state index contributed by atoms with van der Waals surface area (Å²) in [6, 6.07) is 0. The summed E-state index contributed by atoms with van der Waals surface area (Å²) in [5.41, 5.74) is 0. The van der Waals surface area contributed by atoms with Crippen molar-refractivity contribution in [2.24, 2.45) is 0 Å². The van der Waals surface area contributed by atoms with Gasteiger partial charge in [-0.2, -0.15) is 0 Å². The molecule has 0 aromatic rings. The first-order valence-electron chi connectivity index (χ1n) is 0. The van der Waals surface area contributed by atoms with Crippen LogP contribution < -0.4 is 0 Å². The summed E-state index contributed by atoms with van der Waals surface area (Å²) >= 11 is 0. The predicted octanol–water partition coefficient (Wildman–Crippen LogP) is -0.720. The summed E-state index contributed by atoms with van der Waals surface area (Å²) in [4.78, 5) is 0. The second-order valence-electron chi connectivity index (χ2n) is 0. The van der Waals surface area contributed by atoms with Gasteiger partial charge < -0.3 is 32.9 Å². The maximum Gasteiger partial charge on any atom is 5.00 e. The fourth-order valence-corrected chi connectivity index (χ4v) is 0. The van der Waals surface area contributed by atoms with Crippen molar-refractivity contribution in [3.8, 4) is 0 Å². The molecule has 0 amide bonds. The Morgan fingerprint density at radius 1 is 0.333 bits per heavy atom. The van der Waals surface area contributed by atoms with E-state index < -0.39 is 0 Å². The Bertz CT molecular complexity index is 11.0. The Labute approximate surface area is 96.4 Å². The first-order chi connectivity index (χ1) is 0. The van der Waals surface area contributed by atoms with Crippen molar-refractivity contribution < 1.29 is 97.1 Å². The Balaban J connectivity index is 0. The molecule has 9 heteroatoms. The third-order valence-electron chi connectivity index (χ3n) is 0. The van der Waals surface area contributed by atoms with Crippen molar-refractivity contribution in [1.29, 1.82) is 0 Å². The molecule has 0 atom stereocenters. The van der Waals surface area contributed by atoms with E-state index in [-0.39, 0.29) is 97.1 Å². The second kappa shape index (κ2) is 223. The normalized spacial score (nSPS) is 0. The van der Waals surface area contributed by atoms with Crippen molar-refractivity contribution in [2.45, 2.75) is 0 Å². The van der Waals surface area contributed by atoms with Crippen molar-refractivity contribution in [3.63, 3.8) is 0 Å². The molecule has 0 radical (unpaired) electrons. The minimum absolute atomic E-state index is 0. The molecule has 0 aliphatic carbocycles. The van der Waals surface area contributed by atoms with Gasteiger partial charge in [-0.05, 0) is 0 Å². The molecule has 0 saturated carbocycles. The van der Waals surface area contributed by atoms with E-state index in [0.29, 0.717) is 0 Å². The molecular weight excluding hydrogens is 523 g/mol. The molecule has 0 aliphatic rings. The quantitative estimate of drug-likeness (QED) is 0.366. The van der Waals surface area contributed by atoms with Gasteiger partial charge in [0.1, 0.15) is 0 Å². The fraction of sp³-hybridized carbons (Fsp3) is 0. The molecule has 0 spiro atoms. The Hall–Kier alpha value is 1.86. The van der Waals surface area contributed by atoms with Gasteiger partial charge >= 0.3 is 64.2 Å². The minimum atomic E-state index is 0. The Morgan fingerprint density at radius 2 is 0.333 bits per heavy atom. The molecule has 9 heavy (non-hydrogen) atoms. The standard InChI is InChI=1S/6O.2Ta.Zn/q6*-2;2*+5;+2. The minimum Gasteiger partial charge on any atom is -2.00 e. The van der Waals surface area contributed by atoms with Gasteiger partial charge in [0.05, 0.1) is 0 Å². The molecule has 0 fully saturated rings. The summed E-state index contributed by atoms with van der Waals surface area (Å²) < 4.78 is 0. The zero-order chi connectivity index (χ0) is 0. The van der Waals surface area contributed by atoms with Crippen LogP contribution in [0.2, 0.25) is 0 Å². The molecule has 0 aliphatic heterocycles. The predicted molar refractivity (Wildman–Crippen MR) is 4.12 cm³/mol. The molecule has 0 saturated heterocycles. The van der Waals surface area contributed by atoms with Gasteiger partial charge in [0.25, 0.3) is 0 Å². The molecule has 48 valence electrons. The molecule has 6 nitrogen and oxygen atoms in total. The van der Waals surface area contributed by atoms with Crippen LogP contribution in [0.3, 0.4) is 0 Å². The van der Waals surface area contributed by atoms with Crippen LogP contribution in [0.1, 0.15) is 0 Å². The van der Waals surface area contributed by atoms with Crippen LogP contribution in [0.5, 0.6) is 0 Å². The van der Waals surface area contributed by atoms with E-state index in [2.05, 4.69) is 0 Å². The van der Waals surface area contributed by atoms with Gasteiger partial charge in [-0.25, -0.2) is 0 Å². The van der Waals surface area contributed by atoms with Crippen molar-refractivity contribution >= 4 is 0 Å². The van der Waals surface area contributed by atoms with Crippen LogP contribution in [0, 0.1) is 0 Å². The zero-order valence-electron chi connectivity index (χ0n) is 4.05. The van der Waals surface area contributed by atoms with Gasteiger partial charge in [0.15, 0.2) is 0 Å². The van der Waals surface area contributed by atoms with Crippen LogP contribution in [0.25, 0.3) is 0 Å². The molecule has 0 unspecified atom stereocenters. The van der Waals surface area contributed by atoms with Gasteiger partial charge in [-0.1, -0.05) is 0 Å². The van der Waals surface area contributed by atoms with E-state index in [1.165, 1.54) is 0 Å². The van der Waals surface area contributed by atoms with Gasteiger partial charge in [-0.15, -0.1) is 0 Å². The van der Waals surface area contributed by atoms with Crippen LogP contribution >= 0.6 is 0 Å². The first kappa shape index (κ1) is 304. The summed E-state index contributed by atoms with van der Waals surface area (Å²) in [6.07, 6.45) is 0. The second-order valence-corrected chi connectivity index (χ2v) is 0. The van der Waals surface area contributed by atoms with Crippen LogP contribution in [-0.4, -0.2) is 0 Å². The Morgan fingerprint density at radius 3 is 0.333 bits per heavy atom. The Kier molecular flexibility index (Phi) is 7540. The van der Waals surface area contributed by atoms with E-state index in [9.17, 15) is 0 Å². The number of hydrogen-bond donors (Lipinski definition) is 0. The van der Waals surface area contributed by atoms with E-state index in [4.69, 9.17) is 0 Å². The van der Waals surface area contributed by atoms with Crippen molar-refractivity contribution in [3.05, 3.63) is 0 Å². The van der Waals surface area contributed by atoms with Crippen molar-refractivity contribution in [1.82, 2.24) is 0 Å². The van der Waals surface area contributed by atoms with Crippen LogP contribution in [-0.2, 0) is 97.1 Å². The first-order valence-corrected chi connectivity index (χ1v) is 0. The molecule has 0 heterocycles. The largest absolute Gasteiger partial charge is 5.00 e. The maximum atomic E-state index is 0. The van der Waals surface area contributed by atoms with E-state index in [0.717, 1.165) is 0 Å². The topological polar surface area (TPSA) is 171 Å². The third kappa shape index (κ3) is 176. The molecule has 0 aromatic heterocycles. The SMILES string of the molecule is [O-2].[O-2].[O-2].[O-2].[O-2].[O-2].[Ta+5].[Ta+5].[Zn+2]. The molecule has 0 N–H and O–H groups in total. The molecule has 0 aromatic carbocycles. The monoisotopic (exact) mass is 522 g/mol. The van der Waals surface area contributed by atoms with Gasteiger partial charge in [0.2, 0.25) is 0 Å². The van der Waals surface area contributed by atoms with E-state index in [1.54, 1.807) is 0 Å².